The van der Waals surface area contributed by atoms with Gasteiger partial charge in [0.1, 0.15) is 5.75 Å². The van der Waals surface area contributed by atoms with Crippen LogP contribution in [0.25, 0.3) is 0 Å². The molecule has 3 N–H and O–H groups in total. The van der Waals surface area contributed by atoms with E-state index < -0.39 is 0 Å². The molecule has 1 aromatic rings. The zero-order valence-corrected chi connectivity index (χ0v) is 10.3. The van der Waals surface area contributed by atoms with Gasteiger partial charge in [-0.2, -0.15) is 0 Å². The second-order valence-corrected chi connectivity index (χ2v) is 4.65. The van der Waals surface area contributed by atoms with E-state index in [0.29, 0.717) is 18.1 Å². The summed E-state index contributed by atoms with van der Waals surface area (Å²) in [6.07, 6.45) is -0.374. The average molecular weight is 244 g/mol. The second kappa shape index (κ2) is 6.09. The number of hydrogen-bond donors (Lipinski definition) is 3. The predicted molar refractivity (Wildman–Crippen MR) is 65.7 cm³/mol. The van der Waals surface area contributed by atoms with Crippen LogP contribution in [0.2, 0.25) is 5.02 Å². The van der Waals surface area contributed by atoms with Gasteiger partial charge in [0.2, 0.25) is 0 Å². The van der Waals surface area contributed by atoms with E-state index in [-0.39, 0.29) is 17.8 Å². The Hall–Kier alpha value is -0.770. The molecule has 0 aliphatic rings. The van der Waals surface area contributed by atoms with Gasteiger partial charge in [-0.15, -0.1) is 0 Å². The van der Waals surface area contributed by atoms with Crippen molar-refractivity contribution < 1.29 is 10.2 Å². The molecule has 1 atom stereocenters. The molecule has 0 saturated heterocycles. The number of aromatic hydroxyl groups is 1. The SMILES string of the molecule is CC(C)C(O)CNCc1cc(Cl)ccc1O. The van der Waals surface area contributed by atoms with Crippen molar-refractivity contribution in [3.63, 3.8) is 0 Å². The summed E-state index contributed by atoms with van der Waals surface area (Å²) in [6.45, 7) is 4.92. The summed E-state index contributed by atoms with van der Waals surface area (Å²) in [5, 5.41) is 22.8. The Kier molecular flexibility index (Phi) is 5.06. The lowest BCUT2D eigenvalue weighted by Gasteiger charge is -2.15. The van der Waals surface area contributed by atoms with Crippen LogP contribution in [0, 0.1) is 5.92 Å². The topological polar surface area (TPSA) is 52.5 Å². The number of rotatable bonds is 5. The van der Waals surface area contributed by atoms with E-state index in [1.807, 2.05) is 13.8 Å². The number of aliphatic hydroxyl groups excluding tert-OH is 1. The number of halogens is 1. The highest BCUT2D eigenvalue weighted by Gasteiger charge is 2.08. The summed E-state index contributed by atoms with van der Waals surface area (Å²) in [7, 11) is 0. The van der Waals surface area contributed by atoms with Crippen molar-refractivity contribution in [3.05, 3.63) is 28.8 Å². The third-order valence-corrected chi connectivity index (χ3v) is 2.72. The zero-order chi connectivity index (χ0) is 12.1. The molecule has 1 rings (SSSR count). The molecule has 0 radical (unpaired) electrons. The molecule has 0 amide bonds. The fraction of sp³-hybridized carbons (Fsp3) is 0.500. The van der Waals surface area contributed by atoms with Crippen molar-refractivity contribution in [2.45, 2.75) is 26.5 Å². The first-order valence-corrected chi connectivity index (χ1v) is 5.74. The Morgan fingerprint density at radius 3 is 2.69 bits per heavy atom. The molecule has 0 saturated carbocycles. The Labute approximate surface area is 101 Å². The molecule has 1 unspecified atom stereocenters. The molecule has 0 aliphatic heterocycles. The maximum Gasteiger partial charge on any atom is 0.120 e. The molecule has 0 fully saturated rings. The van der Waals surface area contributed by atoms with Crippen molar-refractivity contribution in [1.82, 2.24) is 5.32 Å². The monoisotopic (exact) mass is 243 g/mol. The molecule has 3 nitrogen and oxygen atoms in total. The van der Waals surface area contributed by atoms with Gasteiger partial charge in [0.25, 0.3) is 0 Å². The highest BCUT2D eigenvalue weighted by Crippen LogP contribution is 2.21. The Balaban J connectivity index is 2.45. The van der Waals surface area contributed by atoms with Crippen LogP contribution in [-0.2, 0) is 6.54 Å². The lowest BCUT2D eigenvalue weighted by atomic mass is 10.1. The maximum absolute atomic E-state index is 9.58. The molecule has 0 heterocycles. The normalized spacial score (nSPS) is 13.1. The number of hydrogen-bond acceptors (Lipinski definition) is 3. The number of benzene rings is 1. The predicted octanol–water partition coefficient (Wildman–Crippen LogP) is 2.15. The third kappa shape index (κ3) is 4.00. The average Bonchev–Trinajstić information content (AvgIpc) is 2.22. The van der Waals surface area contributed by atoms with Crippen LogP contribution < -0.4 is 5.32 Å². The molecule has 1 aromatic carbocycles. The van der Waals surface area contributed by atoms with Gasteiger partial charge in [-0.3, -0.25) is 0 Å². The Morgan fingerprint density at radius 2 is 2.06 bits per heavy atom. The van der Waals surface area contributed by atoms with Gasteiger partial charge in [0, 0.05) is 23.7 Å². The van der Waals surface area contributed by atoms with Gasteiger partial charge in [-0.1, -0.05) is 25.4 Å². The van der Waals surface area contributed by atoms with E-state index in [1.54, 1.807) is 18.2 Å². The summed E-state index contributed by atoms with van der Waals surface area (Å²) in [6, 6.07) is 4.92. The summed E-state index contributed by atoms with van der Waals surface area (Å²) in [5.41, 5.74) is 0.739. The number of phenols is 1. The third-order valence-electron chi connectivity index (χ3n) is 2.48. The molecular formula is C12H18ClNO2. The minimum absolute atomic E-state index is 0.218. The second-order valence-electron chi connectivity index (χ2n) is 4.22. The molecule has 0 spiro atoms. The summed E-state index contributed by atoms with van der Waals surface area (Å²) in [5.74, 6) is 0.441. The van der Waals surface area contributed by atoms with Crippen LogP contribution in [-0.4, -0.2) is 22.9 Å². The van der Waals surface area contributed by atoms with Crippen molar-refractivity contribution in [2.24, 2.45) is 5.92 Å². The first-order chi connectivity index (χ1) is 7.50. The fourth-order valence-corrected chi connectivity index (χ4v) is 1.48. The Bertz CT molecular complexity index is 342. The van der Waals surface area contributed by atoms with E-state index in [4.69, 9.17) is 11.6 Å². The lowest BCUT2D eigenvalue weighted by molar-refractivity contribution is 0.123. The number of aliphatic hydroxyl groups is 1. The zero-order valence-electron chi connectivity index (χ0n) is 9.57. The molecule has 16 heavy (non-hydrogen) atoms. The molecule has 0 bridgehead atoms. The quantitative estimate of drug-likeness (QED) is 0.743. The van der Waals surface area contributed by atoms with Gasteiger partial charge in [-0.05, 0) is 24.1 Å². The van der Waals surface area contributed by atoms with Crippen LogP contribution in [0.4, 0.5) is 0 Å². The molecular weight excluding hydrogens is 226 g/mol. The van der Waals surface area contributed by atoms with Crippen molar-refractivity contribution in [1.29, 1.82) is 0 Å². The maximum atomic E-state index is 9.58. The Morgan fingerprint density at radius 1 is 1.38 bits per heavy atom. The van der Waals surface area contributed by atoms with Crippen molar-refractivity contribution in [2.75, 3.05) is 6.54 Å². The molecule has 4 heteroatoms. The first kappa shape index (κ1) is 13.3. The molecule has 0 aliphatic carbocycles. The highest BCUT2D eigenvalue weighted by molar-refractivity contribution is 6.30. The van der Waals surface area contributed by atoms with Gasteiger partial charge < -0.3 is 15.5 Å². The minimum Gasteiger partial charge on any atom is -0.508 e. The largest absolute Gasteiger partial charge is 0.508 e. The van der Waals surface area contributed by atoms with E-state index in [1.165, 1.54) is 0 Å². The van der Waals surface area contributed by atoms with Gasteiger partial charge in [0.05, 0.1) is 6.10 Å². The summed E-state index contributed by atoms with van der Waals surface area (Å²) >= 11 is 5.82. The van der Waals surface area contributed by atoms with Crippen LogP contribution in [0.1, 0.15) is 19.4 Å². The van der Waals surface area contributed by atoms with E-state index in [9.17, 15) is 10.2 Å². The van der Waals surface area contributed by atoms with Gasteiger partial charge >= 0.3 is 0 Å². The van der Waals surface area contributed by atoms with Crippen molar-refractivity contribution in [3.8, 4) is 5.75 Å². The first-order valence-electron chi connectivity index (χ1n) is 5.37. The lowest BCUT2D eigenvalue weighted by Crippen LogP contribution is -2.30. The van der Waals surface area contributed by atoms with Crippen LogP contribution in [0.15, 0.2) is 18.2 Å². The molecule has 90 valence electrons. The van der Waals surface area contributed by atoms with Crippen LogP contribution in [0.3, 0.4) is 0 Å². The van der Waals surface area contributed by atoms with E-state index in [2.05, 4.69) is 5.32 Å². The summed E-state index contributed by atoms with van der Waals surface area (Å²) < 4.78 is 0. The highest BCUT2D eigenvalue weighted by atomic mass is 35.5. The number of nitrogens with one attached hydrogen (secondary N) is 1. The van der Waals surface area contributed by atoms with Gasteiger partial charge in [-0.25, -0.2) is 0 Å². The smallest absolute Gasteiger partial charge is 0.120 e. The fourth-order valence-electron chi connectivity index (χ4n) is 1.29. The van der Waals surface area contributed by atoms with Gasteiger partial charge in [0.15, 0.2) is 0 Å². The van der Waals surface area contributed by atoms with Crippen LogP contribution >= 0.6 is 11.6 Å². The summed E-state index contributed by atoms with van der Waals surface area (Å²) in [4.78, 5) is 0. The number of phenolic OH excluding ortho intramolecular Hbond substituents is 1. The van der Waals surface area contributed by atoms with Crippen LogP contribution in [0.5, 0.6) is 5.75 Å². The molecule has 0 aromatic heterocycles. The standard InChI is InChI=1S/C12H18ClNO2/c1-8(2)12(16)7-14-6-9-5-10(13)3-4-11(9)15/h3-5,8,12,14-16H,6-7H2,1-2H3. The van der Waals surface area contributed by atoms with E-state index in [0.717, 1.165) is 5.56 Å². The minimum atomic E-state index is -0.374. The van der Waals surface area contributed by atoms with Crippen molar-refractivity contribution >= 4 is 11.6 Å². The van der Waals surface area contributed by atoms with E-state index >= 15 is 0 Å².